The molecule has 128 valence electrons. The molecule has 24 heavy (non-hydrogen) atoms. The van der Waals surface area contributed by atoms with Crippen LogP contribution in [0.15, 0.2) is 42.5 Å². The van der Waals surface area contributed by atoms with Crippen molar-refractivity contribution >= 4 is 17.3 Å². The molecule has 0 aromatic heterocycles. The van der Waals surface area contributed by atoms with Crippen molar-refractivity contribution in [3.05, 3.63) is 53.6 Å². The minimum Gasteiger partial charge on any atom is -0.491 e. The maximum Gasteiger partial charge on any atom is 0.243 e. The maximum absolute atomic E-state index is 12.1. The van der Waals surface area contributed by atoms with E-state index in [2.05, 4.69) is 31.4 Å². The first-order chi connectivity index (χ1) is 11.5. The molecule has 0 heterocycles. The number of nitrogens with one attached hydrogen (secondary N) is 2. The van der Waals surface area contributed by atoms with Gasteiger partial charge < -0.3 is 15.4 Å². The topological polar surface area (TPSA) is 50.4 Å². The first-order valence-corrected chi connectivity index (χ1v) is 8.28. The lowest BCUT2D eigenvalue weighted by atomic mass is 10.1. The van der Waals surface area contributed by atoms with E-state index in [1.165, 1.54) is 5.56 Å². The van der Waals surface area contributed by atoms with Gasteiger partial charge in [-0.1, -0.05) is 32.0 Å². The van der Waals surface area contributed by atoms with E-state index >= 15 is 0 Å². The number of hydrogen-bond donors (Lipinski definition) is 2. The molecular weight excluding hydrogens is 300 g/mol. The van der Waals surface area contributed by atoms with E-state index in [0.29, 0.717) is 12.5 Å². The second-order valence-electron chi connectivity index (χ2n) is 6.40. The van der Waals surface area contributed by atoms with Gasteiger partial charge >= 0.3 is 0 Å². The van der Waals surface area contributed by atoms with Gasteiger partial charge in [-0.3, -0.25) is 4.79 Å². The van der Waals surface area contributed by atoms with Crippen LogP contribution in [0.2, 0.25) is 0 Å². The highest BCUT2D eigenvalue weighted by atomic mass is 16.5. The van der Waals surface area contributed by atoms with Crippen molar-refractivity contribution in [2.45, 2.75) is 27.7 Å². The van der Waals surface area contributed by atoms with E-state index in [1.54, 1.807) is 0 Å². The van der Waals surface area contributed by atoms with Gasteiger partial charge in [0.15, 0.2) is 0 Å². The Morgan fingerprint density at radius 1 is 1.08 bits per heavy atom. The summed E-state index contributed by atoms with van der Waals surface area (Å²) in [5.41, 5.74) is 4.01. The molecule has 0 aliphatic rings. The minimum atomic E-state index is -0.0862. The Balaban J connectivity index is 1.92. The monoisotopic (exact) mass is 326 g/mol. The van der Waals surface area contributed by atoms with E-state index in [-0.39, 0.29) is 12.5 Å². The number of carbonyl (C=O) groups excluding carboxylic acids is 1. The Bertz CT molecular complexity index is 696. The normalized spacial score (nSPS) is 10.5. The van der Waals surface area contributed by atoms with Gasteiger partial charge in [0.05, 0.1) is 18.8 Å². The van der Waals surface area contributed by atoms with Crippen LogP contribution in [-0.2, 0) is 4.79 Å². The number of amides is 1. The summed E-state index contributed by atoms with van der Waals surface area (Å²) in [4.78, 5) is 12.1. The molecule has 0 unspecified atom stereocenters. The van der Waals surface area contributed by atoms with Crippen molar-refractivity contribution in [2.24, 2.45) is 5.92 Å². The number of anilines is 2. The predicted molar refractivity (Wildman–Crippen MR) is 99.8 cm³/mol. The van der Waals surface area contributed by atoms with Gasteiger partial charge in [-0.15, -0.1) is 0 Å². The third-order valence-corrected chi connectivity index (χ3v) is 3.69. The van der Waals surface area contributed by atoms with Crippen LogP contribution in [0.4, 0.5) is 11.4 Å². The van der Waals surface area contributed by atoms with E-state index in [1.807, 2.05) is 49.4 Å². The summed E-state index contributed by atoms with van der Waals surface area (Å²) >= 11 is 0. The molecule has 2 rings (SSSR count). The van der Waals surface area contributed by atoms with Crippen molar-refractivity contribution in [1.82, 2.24) is 0 Å². The molecule has 0 spiro atoms. The van der Waals surface area contributed by atoms with Crippen molar-refractivity contribution in [3.63, 3.8) is 0 Å². The second-order valence-corrected chi connectivity index (χ2v) is 6.40. The second kappa shape index (κ2) is 8.39. The van der Waals surface area contributed by atoms with Gasteiger partial charge in [-0.2, -0.15) is 0 Å². The zero-order valence-corrected chi connectivity index (χ0v) is 14.8. The van der Waals surface area contributed by atoms with Crippen molar-refractivity contribution in [3.8, 4) is 5.75 Å². The summed E-state index contributed by atoms with van der Waals surface area (Å²) in [7, 11) is 0. The number of benzene rings is 2. The molecule has 2 aromatic rings. The molecule has 1 amide bonds. The number of aryl methyl sites for hydroxylation is 2. The van der Waals surface area contributed by atoms with Gasteiger partial charge in [0.25, 0.3) is 0 Å². The average molecular weight is 326 g/mol. The molecule has 0 atom stereocenters. The van der Waals surface area contributed by atoms with Crippen LogP contribution in [-0.4, -0.2) is 19.1 Å². The summed E-state index contributed by atoms with van der Waals surface area (Å²) in [6.07, 6.45) is 0. The summed E-state index contributed by atoms with van der Waals surface area (Å²) < 4.78 is 5.78. The lowest BCUT2D eigenvalue weighted by molar-refractivity contribution is -0.114. The maximum atomic E-state index is 12.1. The Hall–Kier alpha value is -2.49. The Labute approximate surface area is 144 Å². The van der Waals surface area contributed by atoms with Crippen LogP contribution in [0.25, 0.3) is 0 Å². The van der Waals surface area contributed by atoms with E-state index < -0.39 is 0 Å². The fourth-order valence-electron chi connectivity index (χ4n) is 2.19. The lowest BCUT2D eigenvalue weighted by Crippen LogP contribution is -2.22. The van der Waals surface area contributed by atoms with Crippen LogP contribution >= 0.6 is 0 Å². The summed E-state index contributed by atoms with van der Waals surface area (Å²) in [5, 5.41) is 6.05. The van der Waals surface area contributed by atoms with Gasteiger partial charge in [0, 0.05) is 5.69 Å². The smallest absolute Gasteiger partial charge is 0.243 e. The molecular formula is C20H26N2O2. The number of carbonyl (C=O) groups is 1. The van der Waals surface area contributed by atoms with E-state index in [4.69, 9.17) is 4.74 Å². The average Bonchev–Trinajstić information content (AvgIpc) is 2.55. The van der Waals surface area contributed by atoms with Crippen LogP contribution in [0.5, 0.6) is 5.75 Å². The zero-order chi connectivity index (χ0) is 17.5. The minimum absolute atomic E-state index is 0.0862. The van der Waals surface area contributed by atoms with Crippen molar-refractivity contribution in [2.75, 3.05) is 23.8 Å². The number of rotatable bonds is 7. The fourth-order valence-corrected chi connectivity index (χ4v) is 2.19. The standard InChI is InChI=1S/C20H26N2O2/c1-14(2)13-24-19-8-6-5-7-18(19)21-12-20(23)22-17-10-9-15(3)16(4)11-17/h5-11,14,21H,12-13H2,1-4H3,(H,22,23). The Kier molecular flexibility index (Phi) is 6.24. The van der Waals surface area contributed by atoms with Crippen molar-refractivity contribution in [1.29, 1.82) is 0 Å². The summed E-state index contributed by atoms with van der Waals surface area (Å²) in [5.74, 6) is 1.13. The number of hydrogen-bond acceptors (Lipinski definition) is 3. The van der Waals surface area contributed by atoms with E-state index in [9.17, 15) is 4.79 Å². The van der Waals surface area contributed by atoms with Gasteiger partial charge in [0.1, 0.15) is 5.75 Å². The molecule has 0 aliphatic carbocycles. The zero-order valence-electron chi connectivity index (χ0n) is 14.8. The summed E-state index contributed by atoms with van der Waals surface area (Å²) in [6.45, 7) is 9.13. The summed E-state index contributed by atoms with van der Waals surface area (Å²) in [6, 6.07) is 13.6. The Morgan fingerprint density at radius 2 is 1.83 bits per heavy atom. The molecule has 0 fully saturated rings. The largest absolute Gasteiger partial charge is 0.491 e. The first-order valence-electron chi connectivity index (χ1n) is 8.28. The molecule has 0 bridgehead atoms. The Morgan fingerprint density at radius 3 is 2.54 bits per heavy atom. The van der Waals surface area contributed by atoms with Gasteiger partial charge in [-0.25, -0.2) is 0 Å². The molecule has 2 N–H and O–H groups in total. The molecule has 0 saturated heterocycles. The molecule has 0 radical (unpaired) electrons. The van der Waals surface area contributed by atoms with Gasteiger partial charge in [0.2, 0.25) is 5.91 Å². The molecule has 0 saturated carbocycles. The lowest BCUT2D eigenvalue weighted by Gasteiger charge is -2.14. The third kappa shape index (κ3) is 5.30. The van der Waals surface area contributed by atoms with Crippen molar-refractivity contribution < 1.29 is 9.53 Å². The predicted octanol–water partition coefficient (Wildman–Crippen LogP) is 4.39. The van der Waals surface area contributed by atoms with Crippen LogP contribution in [0.1, 0.15) is 25.0 Å². The van der Waals surface area contributed by atoms with Gasteiger partial charge in [-0.05, 0) is 55.2 Å². The third-order valence-electron chi connectivity index (χ3n) is 3.69. The van der Waals surface area contributed by atoms with E-state index in [0.717, 1.165) is 22.7 Å². The SMILES string of the molecule is Cc1ccc(NC(=O)CNc2ccccc2OCC(C)C)cc1C. The quantitative estimate of drug-likeness (QED) is 0.793. The highest BCUT2D eigenvalue weighted by Gasteiger charge is 2.07. The first kappa shape index (κ1) is 17.9. The molecule has 0 aliphatic heterocycles. The fraction of sp³-hybridized carbons (Fsp3) is 0.350. The number of ether oxygens (including phenoxy) is 1. The van der Waals surface area contributed by atoms with Crippen LogP contribution in [0.3, 0.4) is 0 Å². The molecule has 4 heteroatoms. The molecule has 2 aromatic carbocycles. The highest BCUT2D eigenvalue weighted by molar-refractivity contribution is 5.94. The van der Waals surface area contributed by atoms with Crippen LogP contribution in [0, 0.1) is 19.8 Å². The number of para-hydroxylation sites is 2. The molecule has 4 nitrogen and oxygen atoms in total. The highest BCUT2D eigenvalue weighted by Crippen LogP contribution is 2.24. The van der Waals surface area contributed by atoms with Crippen LogP contribution < -0.4 is 15.4 Å².